The molecule has 44 heavy (non-hydrogen) atoms. The van der Waals surface area contributed by atoms with Gasteiger partial charge in [-0.25, -0.2) is 0 Å². The summed E-state index contributed by atoms with van der Waals surface area (Å²) >= 11 is 26.9. The maximum Gasteiger partial charge on any atom is 0.227 e. The Morgan fingerprint density at radius 1 is 0.545 bits per heavy atom. The first-order valence-corrected chi connectivity index (χ1v) is 15.9. The van der Waals surface area contributed by atoms with Crippen molar-refractivity contribution in [1.29, 1.82) is 0 Å². The minimum atomic E-state index is -1.42. The Morgan fingerprint density at radius 2 is 0.909 bits per heavy atom. The monoisotopic (exact) mass is 662 g/mol. The van der Waals surface area contributed by atoms with Gasteiger partial charge in [0, 0.05) is 11.1 Å². The fourth-order valence-corrected chi connectivity index (χ4v) is 8.19. The van der Waals surface area contributed by atoms with Crippen molar-refractivity contribution in [3.05, 3.63) is 139 Å². The lowest BCUT2D eigenvalue weighted by Crippen LogP contribution is -2.57. The summed E-state index contributed by atoms with van der Waals surface area (Å²) in [5.41, 5.74) is 0.960. The summed E-state index contributed by atoms with van der Waals surface area (Å²) in [4.78, 5) is 28.4. The quantitative estimate of drug-likeness (QED) is 0.218. The molecule has 0 saturated heterocycles. The summed E-state index contributed by atoms with van der Waals surface area (Å²) in [5, 5.41) is 10.9. The molecule has 0 unspecified atom stereocenters. The van der Waals surface area contributed by atoms with E-state index in [9.17, 15) is 0 Å². The van der Waals surface area contributed by atoms with Gasteiger partial charge < -0.3 is 9.68 Å². The van der Waals surface area contributed by atoms with Crippen molar-refractivity contribution in [3.8, 4) is 0 Å². The van der Waals surface area contributed by atoms with Gasteiger partial charge in [-0.15, -0.1) is 0 Å². The van der Waals surface area contributed by atoms with Gasteiger partial charge in [0.15, 0.2) is 0 Å². The zero-order chi connectivity index (χ0) is 30.5. The summed E-state index contributed by atoms with van der Waals surface area (Å²) in [5.74, 6) is -1.47. The maximum atomic E-state index is 15.5. The third-order valence-electron chi connectivity index (χ3n) is 8.91. The lowest BCUT2D eigenvalue weighted by atomic mass is 9.65. The van der Waals surface area contributed by atoms with E-state index < -0.39 is 23.0 Å². The van der Waals surface area contributed by atoms with Crippen LogP contribution in [0.15, 0.2) is 107 Å². The molecule has 1 fully saturated rings. The second kappa shape index (κ2) is 11.5. The summed E-state index contributed by atoms with van der Waals surface area (Å²) in [7, 11) is 0. The first-order valence-electron chi connectivity index (χ1n) is 14.4. The second-order valence-electron chi connectivity index (χ2n) is 11.3. The van der Waals surface area contributed by atoms with Gasteiger partial charge in [-0.2, -0.15) is 0 Å². The van der Waals surface area contributed by atoms with Gasteiger partial charge in [-0.3, -0.25) is 4.79 Å². The van der Waals surface area contributed by atoms with Gasteiger partial charge >= 0.3 is 0 Å². The predicted molar refractivity (Wildman–Crippen MR) is 175 cm³/mol. The molecule has 2 heterocycles. The Kier molecular flexibility index (Phi) is 7.70. The van der Waals surface area contributed by atoms with Gasteiger partial charge in [-0.05, 0) is 61.1 Å². The van der Waals surface area contributed by atoms with E-state index in [4.69, 9.17) is 56.1 Å². The van der Waals surface area contributed by atoms with Crippen molar-refractivity contribution in [2.45, 2.75) is 48.7 Å². The van der Waals surface area contributed by atoms with Crippen molar-refractivity contribution in [1.82, 2.24) is 0 Å². The minimum Gasteiger partial charge on any atom is -0.380 e. The van der Waals surface area contributed by atoms with Gasteiger partial charge in [0.1, 0.15) is 11.4 Å². The number of hydrogen-bond acceptors (Lipinski definition) is 5. The van der Waals surface area contributed by atoms with Crippen molar-refractivity contribution in [3.63, 3.8) is 0 Å². The molecule has 222 valence electrons. The van der Waals surface area contributed by atoms with Crippen LogP contribution in [-0.4, -0.2) is 28.4 Å². The van der Waals surface area contributed by atoms with Crippen LogP contribution in [0.25, 0.3) is 0 Å². The predicted octanol–water partition coefficient (Wildman–Crippen LogP) is 9.66. The number of carbonyl (C=O) groups is 1. The molecule has 0 amide bonds. The highest BCUT2D eigenvalue weighted by atomic mass is 35.5. The van der Waals surface area contributed by atoms with Crippen LogP contribution in [0.1, 0.15) is 59.8 Å². The van der Waals surface area contributed by atoms with Crippen molar-refractivity contribution >= 4 is 63.6 Å². The highest BCUT2D eigenvalue weighted by molar-refractivity contribution is 6.42. The molecule has 0 radical (unpaired) electrons. The average molecular weight is 664 g/mol. The number of rotatable bonds is 4. The molecule has 4 atom stereocenters. The molecule has 9 heteroatoms. The summed E-state index contributed by atoms with van der Waals surface area (Å²) in [6.07, 6.45) is 2.22. The zero-order valence-electron chi connectivity index (χ0n) is 23.4. The SMILES string of the molecule is O=C1[C@@]2(CCCC[C@@]13ON=C(c1c(Cl)cccc1Cl)[C@@H]3c1ccccc1)ON=C(c1c(Cl)cccc1Cl)[C@@H]2c1ccccc1. The van der Waals surface area contributed by atoms with Crippen molar-refractivity contribution < 1.29 is 14.5 Å². The van der Waals surface area contributed by atoms with Gasteiger partial charge in [-0.1, -0.05) is 130 Å². The number of halogens is 4. The fraction of sp³-hybridized carbons (Fsp3) is 0.229. The Labute approximate surface area is 275 Å². The van der Waals surface area contributed by atoms with Crippen LogP contribution in [0.3, 0.4) is 0 Å². The summed E-state index contributed by atoms with van der Waals surface area (Å²) in [6, 6.07) is 30.1. The second-order valence-corrected chi connectivity index (χ2v) is 13.0. The standard InChI is InChI=1S/C35H26Cl4N2O3/c36-23-15-9-16-24(37)27(23)31-29(21-11-3-1-4-12-21)34(43-40-31)19-7-8-20-35(33(34)42)30(22-13-5-2-6-14-22)32(41-44-35)28-25(38)17-10-18-26(28)39/h1-6,9-18,29-30H,7-8,19-20H2/t29-,30-,34-,35-/m0/s1. The number of ketones is 1. The molecule has 1 saturated carbocycles. The van der Waals surface area contributed by atoms with Crippen LogP contribution < -0.4 is 0 Å². The average Bonchev–Trinajstić information content (AvgIpc) is 3.56. The molecule has 7 rings (SSSR count). The Morgan fingerprint density at radius 3 is 1.27 bits per heavy atom. The van der Waals surface area contributed by atoms with E-state index in [1.165, 1.54) is 0 Å². The molecule has 0 N–H and O–H groups in total. The molecule has 2 aliphatic heterocycles. The van der Waals surface area contributed by atoms with Crippen molar-refractivity contribution in [2.24, 2.45) is 10.3 Å². The maximum absolute atomic E-state index is 15.5. The summed E-state index contributed by atoms with van der Waals surface area (Å²) < 4.78 is 0. The van der Waals surface area contributed by atoms with E-state index in [0.717, 1.165) is 11.1 Å². The molecular weight excluding hydrogens is 638 g/mol. The molecular formula is C35H26Cl4N2O3. The normalized spacial score (nSPS) is 26.2. The largest absolute Gasteiger partial charge is 0.380 e. The van der Waals surface area contributed by atoms with E-state index in [1.54, 1.807) is 36.4 Å². The highest BCUT2D eigenvalue weighted by Crippen LogP contribution is 2.55. The molecule has 0 aromatic heterocycles. The number of Topliss-reactive ketones (excluding diaryl/α,β-unsaturated/α-hetero) is 1. The van der Waals surface area contributed by atoms with Crippen LogP contribution in [0.2, 0.25) is 20.1 Å². The van der Waals surface area contributed by atoms with Crippen LogP contribution in [0, 0.1) is 0 Å². The van der Waals surface area contributed by atoms with E-state index >= 15 is 4.79 Å². The number of hydrogen-bond donors (Lipinski definition) is 0. The number of nitrogens with zero attached hydrogens (tertiary/aromatic N) is 2. The Balaban J connectivity index is 1.42. The van der Waals surface area contributed by atoms with Crippen molar-refractivity contribution in [2.75, 3.05) is 0 Å². The lowest BCUT2D eigenvalue weighted by Gasteiger charge is -2.39. The fourth-order valence-electron chi connectivity index (χ4n) is 7.01. The molecule has 0 bridgehead atoms. The first-order chi connectivity index (χ1) is 21.4. The molecule has 3 aliphatic rings. The highest BCUT2D eigenvalue weighted by Gasteiger charge is 2.68. The summed E-state index contributed by atoms with van der Waals surface area (Å²) in [6.45, 7) is 0. The lowest BCUT2D eigenvalue weighted by molar-refractivity contribution is -0.167. The smallest absolute Gasteiger partial charge is 0.227 e. The Hall–Kier alpha value is -3.35. The van der Waals surface area contributed by atoms with E-state index in [-0.39, 0.29) is 5.78 Å². The third-order valence-corrected chi connectivity index (χ3v) is 10.2. The van der Waals surface area contributed by atoms with Gasteiger partial charge in [0.05, 0.1) is 31.9 Å². The van der Waals surface area contributed by atoms with Crippen LogP contribution in [0.5, 0.6) is 0 Å². The number of carbonyl (C=O) groups excluding carboxylic acids is 1. The molecule has 4 aromatic rings. The molecule has 1 aliphatic carbocycles. The van der Waals surface area contributed by atoms with Gasteiger partial charge in [0.25, 0.3) is 0 Å². The Bertz CT molecular complexity index is 1640. The zero-order valence-corrected chi connectivity index (χ0v) is 26.4. The molecule has 2 spiro atoms. The third kappa shape index (κ3) is 4.56. The molecule has 4 aromatic carbocycles. The number of benzene rings is 4. The van der Waals surface area contributed by atoms with Gasteiger partial charge in [0.2, 0.25) is 17.0 Å². The van der Waals surface area contributed by atoms with E-state index in [1.807, 2.05) is 60.7 Å². The van der Waals surface area contributed by atoms with E-state index in [0.29, 0.717) is 68.3 Å². The number of oxime groups is 2. The minimum absolute atomic E-state index is 0.242. The topological polar surface area (TPSA) is 60.2 Å². The van der Waals surface area contributed by atoms with Crippen LogP contribution in [0.4, 0.5) is 0 Å². The first kappa shape index (κ1) is 29.4. The molecule has 5 nitrogen and oxygen atoms in total. The van der Waals surface area contributed by atoms with E-state index in [2.05, 4.69) is 10.3 Å². The van der Waals surface area contributed by atoms with Crippen LogP contribution in [-0.2, 0) is 14.5 Å². The van der Waals surface area contributed by atoms with Crippen LogP contribution >= 0.6 is 46.4 Å².